The Hall–Kier alpha value is -2.30. The molecular weight excluding hydrogens is 440 g/mol. The molecule has 2 saturated carbocycles. The molecule has 5 heteroatoms. The third-order valence-corrected chi connectivity index (χ3v) is 7.69. The lowest BCUT2D eigenvalue weighted by Gasteiger charge is -2.32. The van der Waals surface area contributed by atoms with E-state index in [4.69, 9.17) is 4.74 Å². The van der Waals surface area contributed by atoms with E-state index in [1.807, 2.05) is 0 Å². The summed E-state index contributed by atoms with van der Waals surface area (Å²) in [7, 11) is 0. The van der Waals surface area contributed by atoms with Gasteiger partial charge in [-0.15, -0.1) is 0 Å². The summed E-state index contributed by atoms with van der Waals surface area (Å²) in [6.07, 6.45) is 8.78. The standard InChI is InChI=1S/C29H34F4O/c1-19-3-5-21(6-4-19)7-8-22-9-13-25(14-10-22)29(32,33)34-26-15-11-23(12-16-26)24-17-27(30)20(2)28(31)18-24/h7-8,11-12,15-19,21-22,25H,3-6,9-10,13-14H2,1-2H3/b8-7+. The zero-order valence-electron chi connectivity index (χ0n) is 20.0. The van der Waals surface area contributed by atoms with Crippen LogP contribution < -0.4 is 4.74 Å². The molecule has 2 aromatic carbocycles. The Balaban J connectivity index is 1.31. The maximum atomic E-state index is 14.9. The fourth-order valence-electron chi connectivity index (χ4n) is 5.21. The summed E-state index contributed by atoms with van der Waals surface area (Å²) in [6.45, 7) is 3.68. The molecule has 1 nitrogen and oxygen atoms in total. The van der Waals surface area contributed by atoms with Gasteiger partial charge in [-0.05, 0) is 98.6 Å². The minimum atomic E-state index is -3.25. The maximum absolute atomic E-state index is 14.9. The molecular formula is C29H34F4O. The van der Waals surface area contributed by atoms with Crippen molar-refractivity contribution < 1.29 is 22.3 Å². The molecule has 0 amide bonds. The summed E-state index contributed by atoms with van der Waals surface area (Å²) in [4.78, 5) is 0. The summed E-state index contributed by atoms with van der Waals surface area (Å²) in [6, 6.07) is 8.43. The zero-order valence-corrected chi connectivity index (χ0v) is 20.0. The highest BCUT2D eigenvalue weighted by Gasteiger charge is 2.43. The van der Waals surface area contributed by atoms with Crippen LogP contribution in [-0.2, 0) is 0 Å². The summed E-state index contributed by atoms with van der Waals surface area (Å²) in [5.74, 6) is -0.188. The number of halogens is 4. The van der Waals surface area contributed by atoms with Gasteiger partial charge in [0, 0.05) is 5.56 Å². The highest BCUT2D eigenvalue weighted by atomic mass is 19.3. The lowest BCUT2D eigenvalue weighted by Crippen LogP contribution is -2.37. The Morgan fingerprint density at radius 3 is 1.79 bits per heavy atom. The summed E-state index contributed by atoms with van der Waals surface area (Å²) >= 11 is 0. The second kappa shape index (κ2) is 10.5. The molecule has 2 aromatic rings. The van der Waals surface area contributed by atoms with E-state index in [1.165, 1.54) is 56.9 Å². The maximum Gasteiger partial charge on any atom is 0.400 e. The third kappa shape index (κ3) is 6.03. The lowest BCUT2D eigenvalue weighted by atomic mass is 9.79. The molecule has 4 rings (SSSR count). The van der Waals surface area contributed by atoms with Gasteiger partial charge in [-0.1, -0.05) is 44.1 Å². The van der Waals surface area contributed by atoms with Crippen LogP contribution in [0.25, 0.3) is 11.1 Å². The number of alkyl halides is 2. The molecule has 2 aliphatic rings. The van der Waals surface area contributed by atoms with Crippen molar-refractivity contribution >= 4 is 0 Å². The highest BCUT2D eigenvalue weighted by molar-refractivity contribution is 5.64. The molecule has 0 unspecified atom stereocenters. The summed E-state index contributed by atoms with van der Waals surface area (Å²) in [5.41, 5.74) is 0.846. The third-order valence-electron chi connectivity index (χ3n) is 7.69. The van der Waals surface area contributed by atoms with E-state index >= 15 is 0 Å². The Labute approximate surface area is 200 Å². The van der Waals surface area contributed by atoms with Gasteiger partial charge in [0.2, 0.25) is 0 Å². The fraction of sp³-hybridized carbons (Fsp3) is 0.517. The second-order valence-electron chi connectivity index (χ2n) is 10.3. The number of allylic oxidation sites excluding steroid dienone is 2. The molecule has 34 heavy (non-hydrogen) atoms. The van der Waals surface area contributed by atoms with Crippen LogP contribution in [-0.4, -0.2) is 6.11 Å². The number of ether oxygens (including phenoxy) is 1. The van der Waals surface area contributed by atoms with Crippen LogP contribution in [0.5, 0.6) is 5.75 Å². The van der Waals surface area contributed by atoms with Crippen molar-refractivity contribution in [2.75, 3.05) is 0 Å². The SMILES string of the molecule is Cc1c(F)cc(-c2ccc(OC(F)(F)C3CCC(/C=C/C4CCC(C)CC4)CC3)cc2)cc1F. The van der Waals surface area contributed by atoms with Gasteiger partial charge in [0.05, 0.1) is 5.92 Å². The van der Waals surface area contributed by atoms with Crippen LogP contribution in [0.15, 0.2) is 48.6 Å². The Morgan fingerprint density at radius 2 is 1.26 bits per heavy atom. The van der Waals surface area contributed by atoms with Gasteiger partial charge in [0.1, 0.15) is 17.4 Å². The number of hydrogen-bond donors (Lipinski definition) is 0. The molecule has 0 N–H and O–H groups in total. The fourth-order valence-corrected chi connectivity index (χ4v) is 5.21. The smallest absolute Gasteiger partial charge is 0.400 e. The van der Waals surface area contributed by atoms with Crippen LogP contribution in [0, 0.1) is 42.2 Å². The van der Waals surface area contributed by atoms with Gasteiger partial charge in [-0.25, -0.2) is 8.78 Å². The average molecular weight is 475 g/mol. The van der Waals surface area contributed by atoms with E-state index in [1.54, 1.807) is 12.1 Å². The molecule has 0 aromatic heterocycles. The van der Waals surface area contributed by atoms with E-state index in [0.717, 1.165) is 18.8 Å². The Bertz CT molecular complexity index is 959. The van der Waals surface area contributed by atoms with Crippen molar-refractivity contribution in [1.82, 2.24) is 0 Å². The van der Waals surface area contributed by atoms with Crippen LogP contribution >= 0.6 is 0 Å². The molecule has 0 aliphatic heterocycles. The molecule has 0 saturated heterocycles. The van der Waals surface area contributed by atoms with E-state index in [9.17, 15) is 17.6 Å². The van der Waals surface area contributed by atoms with Gasteiger partial charge in [-0.2, -0.15) is 8.78 Å². The monoisotopic (exact) mass is 474 g/mol. The van der Waals surface area contributed by atoms with Gasteiger partial charge in [-0.3, -0.25) is 0 Å². The van der Waals surface area contributed by atoms with Gasteiger partial charge < -0.3 is 4.74 Å². The van der Waals surface area contributed by atoms with E-state index in [2.05, 4.69) is 19.1 Å². The minimum absolute atomic E-state index is 0.0443. The van der Waals surface area contributed by atoms with Crippen molar-refractivity contribution in [3.8, 4) is 16.9 Å². The van der Waals surface area contributed by atoms with Gasteiger partial charge in [0.15, 0.2) is 0 Å². The molecule has 0 spiro atoms. The summed E-state index contributed by atoms with van der Waals surface area (Å²) < 4.78 is 62.5. The Morgan fingerprint density at radius 1 is 0.765 bits per heavy atom. The van der Waals surface area contributed by atoms with Crippen molar-refractivity contribution in [2.45, 2.75) is 71.3 Å². The number of hydrogen-bond acceptors (Lipinski definition) is 1. The van der Waals surface area contributed by atoms with Crippen molar-refractivity contribution in [3.05, 3.63) is 65.7 Å². The van der Waals surface area contributed by atoms with Crippen LogP contribution in [0.4, 0.5) is 17.6 Å². The van der Waals surface area contributed by atoms with E-state index in [0.29, 0.717) is 35.8 Å². The van der Waals surface area contributed by atoms with Crippen molar-refractivity contribution in [1.29, 1.82) is 0 Å². The average Bonchev–Trinajstić information content (AvgIpc) is 2.82. The first kappa shape index (κ1) is 24.8. The van der Waals surface area contributed by atoms with Gasteiger partial charge >= 0.3 is 6.11 Å². The first-order valence-corrected chi connectivity index (χ1v) is 12.5. The molecule has 2 aliphatic carbocycles. The van der Waals surface area contributed by atoms with Crippen LogP contribution in [0.3, 0.4) is 0 Å². The lowest BCUT2D eigenvalue weighted by molar-refractivity contribution is -0.222. The Kier molecular flexibility index (Phi) is 7.69. The normalized spacial score (nSPS) is 26.1. The van der Waals surface area contributed by atoms with Crippen LogP contribution in [0.1, 0.15) is 63.9 Å². The largest absolute Gasteiger partial charge is 0.432 e. The first-order valence-electron chi connectivity index (χ1n) is 12.5. The van der Waals surface area contributed by atoms with Crippen LogP contribution in [0.2, 0.25) is 0 Å². The number of rotatable bonds is 6. The summed E-state index contributed by atoms with van der Waals surface area (Å²) in [5, 5.41) is 0. The zero-order chi connectivity index (χ0) is 24.3. The van der Waals surface area contributed by atoms with Crippen molar-refractivity contribution in [3.63, 3.8) is 0 Å². The topological polar surface area (TPSA) is 9.23 Å². The highest BCUT2D eigenvalue weighted by Crippen LogP contribution is 2.41. The minimum Gasteiger partial charge on any atom is -0.432 e. The molecule has 0 bridgehead atoms. The quantitative estimate of drug-likeness (QED) is 0.300. The predicted molar refractivity (Wildman–Crippen MR) is 128 cm³/mol. The first-order chi connectivity index (χ1) is 16.2. The second-order valence-corrected chi connectivity index (χ2v) is 10.3. The molecule has 2 fully saturated rings. The van der Waals surface area contributed by atoms with E-state index in [-0.39, 0.29) is 11.3 Å². The number of benzene rings is 2. The molecule has 0 radical (unpaired) electrons. The predicted octanol–water partition coefficient (Wildman–Crippen LogP) is 9.10. The van der Waals surface area contributed by atoms with Gasteiger partial charge in [0.25, 0.3) is 0 Å². The molecule has 184 valence electrons. The molecule has 0 heterocycles. The van der Waals surface area contributed by atoms with Crippen molar-refractivity contribution in [2.24, 2.45) is 23.7 Å². The van der Waals surface area contributed by atoms with E-state index < -0.39 is 23.7 Å². The molecule has 0 atom stereocenters.